The molecule has 23 heavy (non-hydrogen) atoms. The number of rotatable bonds is 6. The molecule has 0 unspecified atom stereocenters. The molecule has 1 saturated heterocycles. The molecule has 0 bridgehead atoms. The predicted octanol–water partition coefficient (Wildman–Crippen LogP) is 1.93. The highest BCUT2D eigenvalue weighted by molar-refractivity contribution is 6.18. The van der Waals surface area contributed by atoms with E-state index in [1.54, 1.807) is 4.90 Å². The summed E-state index contributed by atoms with van der Waals surface area (Å²) in [4.78, 5) is 27.7. The number of halogens is 1. The van der Waals surface area contributed by atoms with E-state index in [1.807, 2.05) is 36.1 Å². The Bertz CT molecular complexity index is 525. The normalized spacial score (nSPS) is 14.7. The van der Waals surface area contributed by atoms with Gasteiger partial charge in [-0.15, -0.1) is 11.6 Å². The second kappa shape index (κ2) is 8.77. The average Bonchev–Trinajstić information content (AvgIpc) is 2.57. The van der Waals surface area contributed by atoms with Gasteiger partial charge in [0.05, 0.1) is 13.0 Å². The number of hydrogen-bond acceptors (Lipinski definition) is 3. The van der Waals surface area contributed by atoms with Crippen LogP contribution in [-0.4, -0.2) is 60.3 Å². The van der Waals surface area contributed by atoms with Gasteiger partial charge < -0.3 is 14.5 Å². The molecule has 0 atom stereocenters. The molecule has 6 heteroatoms. The predicted molar refractivity (Wildman–Crippen MR) is 89.8 cm³/mol. The second-order valence-electron chi connectivity index (χ2n) is 5.45. The van der Waals surface area contributed by atoms with E-state index < -0.39 is 0 Å². The second-order valence-corrected chi connectivity index (χ2v) is 5.83. The average molecular weight is 339 g/mol. The number of nitrogens with zero attached hydrogens (tertiary/aromatic N) is 2. The van der Waals surface area contributed by atoms with Crippen LogP contribution in [0.15, 0.2) is 24.3 Å². The van der Waals surface area contributed by atoms with Gasteiger partial charge in [-0.25, -0.2) is 0 Å². The number of alkyl halides is 1. The third-order valence-electron chi connectivity index (χ3n) is 3.88. The highest BCUT2D eigenvalue weighted by Crippen LogP contribution is 2.14. The van der Waals surface area contributed by atoms with E-state index in [4.69, 9.17) is 16.3 Å². The summed E-state index contributed by atoms with van der Waals surface area (Å²) in [5.74, 6) is 1.32. The first-order valence-electron chi connectivity index (χ1n) is 7.97. The number of carbonyl (C=O) groups excluding carboxylic acids is 2. The van der Waals surface area contributed by atoms with Crippen molar-refractivity contribution in [2.45, 2.75) is 19.8 Å². The SMILES string of the molecule is CCOc1ccc(CC(=O)N2CCN(C(=O)CCCl)CC2)cc1. The van der Waals surface area contributed by atoms with Crippen LogP contribution in [0.4, 0.5) is 0 Å². The van der Waals surface area contributed by atoms with Crippen LogP contribution >= 0.6 is 11.6 Å². The summed E-state index contributed by atoms with van der Waals surface area (Å²) in [6.07, 6.45) is 0.740. The van der Waals surface area contributed by atoms with Crippen molar-refractivity contribution in [1.29, 1.82) is 0 Å². The zero-order valence-corrected chi connectivity index (χ0v) is 14.2. The van der Waals surface area contributed by atoms with Crippen LogP contribution in [-0.2, 0) is 16.0 Å². The molecule has 0 N–H and O–H groups in total. The molecule has 2 amide bonds. The lowest BCUT2D eigenvalue weighted by molar-refractivity contribution is -0.138. The van der Waals surface area contributed by atoms with Crippen molar-refractivity contribution in [3.8, 4) is 5.75 Å². The van der Waals surface area contributed by atoms with Crippen LogP contribution in [0.2, 0.25) is 0 Å². The number of ether oxygens (including phenoxy) is 1. The van der Waals surface area contributed by atoms with Crippen molar-refractivity contribution >= 4 is 23.4 Å². The van der Waals surface area contributed by atoms with E-state index in [0.717, 1.165) is 11.3 Å². The molecule has 1 fully saturated rings. The van der Waals surface area contributed by atoms with Crippen LogP contribution in [0.25, 0.3) is 0 Å². The largest absolute Gasteiger partial charge is 0.494 e. The summed E-state index contributed by atoms with van der Waals surface area (Å²) in [5.41, 5.74) is 0.971. The van der Waals surface area contributed by atoms with Gasteiger partial charge in [0.25, 0.3) is 0 Å². The van der Waals surface area contributed by atoms with Gasteiger partial charge in [-0.1, -0.05) is 12.1 Å². The highest BCUT2D eigenvalue weighted by Gasteiger charge is 2.23. The molecule has 0 aromatic heterocycles. The minimum atomic E-state index is 0.0682. The van der Waals surface area contributed by atoms with Crippen LogP contribution < -0.4 is 4.74 Å². The Morgan fingerprint density at radius 2 is 1.61 bits per heavy atom. The standard InChI is InChI=1S/C17H23ClN2O3/c1-2-23-15-5-3-14(4-6-15)13-17(22)20-11-9-19(10-12-20)16(21)7-8-18/h3-6H,2,7-13H2,1H3. The third-order valence-corrected chi connectivity index (χ3v) is 4.07. The van der Waals surface area contributed by atoms with Gasteiger partial charge in [0.1, 0.15) is 5.75 Å². The maximum atomic E-state index is 12.4. The van der Waals surface area contributed by atoms with E-state index >= 15 is 0 Å². The number of piperazine rings is 1. The minimum Gasteiger partial charge on any atom is -0.494 e. The zero-order valence-electron chi connectivity index (χ0n) is 13.5. The van der Waals surface area contributed by atoms with Crippen molar-refractivity contribution in [3.63, 3.8) is 0 Å². The Balaban J connectivity index is 1.81. The van der Waals surface area contributed by atoms with Crippen molar-refractivity contribution in [2.75, 3.05) is 38.7 Å². The van der Waals surface area contributed by atoms with Gasteiger partial charge in [0.2, 0.25) is 11.8 Å². The van der Waals surface area contributed by atoms with Gasteiger partial charge in [0, 0.05) is 38.5 Å². The molecule has 1 heterocycles. The Morgan fingerprint density at radius 3 is 2.13 bits per heavy atom. The van der Waals surface area contributed by atoms with E-state index in [2.05, 4.69) is 0 Å². The minimum absolute atomic E-state index is 0.0682. The summed E-state index contributed by atoms with van der Waals surface area (Å²) >= 11 is 5.59. The molecule has 1 aliphatic rings. The quantitative estimate of drug-likeness (QED) is 0.745. The first-order chi connectivity index (χ1) is 11.1. The molecule has 5 nitrogen and oxygen atoms in total. The van der Waals surface area contributed by atoms with Gasteiger partial charge in [-0.05, 0) is 24.6 Å². The Morgan fingerprint density at radius 1 is 1.04 bits per heavy atom. The molecule has 0 aliphatic carbocycles. The highest BCUT2D eigenvalue weighted by atomic mass is 35.5. The Kier molecular flexibility index (Phi) is 6.71. The van der Waals surface area contributed by atoms with Gasteiger partial charge >= 0.3 is 0 Å². The summed E-state index contributed by atoms with van der Waals surface area (Å²) in [6, 6.07) is 7.61. The summed E-state index contributed by atoms with van der Waals surface area (Å²) < 4.78 is 5.39. The summed E-state index contributed by atoms with van der Waals surface area (Å²) in [5, 5.41) is 0. The molecule has 2 rings (SSSR count). The van der Waals surface area contributed by atoms with Crippen LogP contribution in [0.1, 0.15) is 18.9 Å². The van der Waals surface area contributed by atoms with Crippen molar-refractivity contribution < 1.29 is 14.3 Å². The van der Waals surface area contributed by atoms with Crippen molar-refractivity contribution in [2.24, 2.45) is 0 Å². The Hall–Kier alpha value is -1.75. The molecule has 126 valence electrons. The van der Waals surface area contributed by atoms with Crippen molar-refractivity contribution in [3.05, 3.63) is 29.8 Å². The van der Waals surface area contributed by atoms with E-state index in [-0.39, 0.29) is 11.8 Å². The zero-order chi connectivity index (χ0) is 16.7. The maximum Gasteiger partial charge on any atom is 0.227 e. The summed E-state index contributed by atoms with van der Waals surface area (Å²) in [6.45, 7) is 4.92. The topological polar surface area (TPSA) is 49.9 Å². The fourth-order valence-corrected chi connectivity index (χ4v) is 2.76. The van der Waals surface area contributed by atoms with Gasteiger partial charge in [0.15, 0.2) is 0 Å². The third kappa shape index (κ3) is 5.13. The van der Waals surface area contributed by atoms with E-state index in [0.29, 0.717) is 51.5 Å². The van der Waals surface area contributed by atoms with Crippen LogP contribution in [0, 0.1) is 0 Å². The molecule has 1 aromatic rings. The molecule has 0 spiro atoms. The monoisotopic (exact) mass is 338 g/mol. The van der Waals surface area contributed by atoms with Crippen molar-refractivity contribution in [1.82, 2.24) is 9.80 Å². The van der Waals surface area contributed by atoms with Gasteiger partial charge in [-0.3, -0.25) is 9.59 Å². The number of carbonyl (C=O) groups is 2. The van der Waals surface area contributed by atoms with E-state index in [1.165, 1.54) is 0 Å². The lowest BCUT2D eigenvalue weighted by Gasteiger charge is -2.34. The first kappa shape index (κ1) is 17.6. The molecular weight excluding hydrogens is 316 g/mol. The van der Waals surface area contributed by atoms with Crippen LogP contribution in [0.5, 0.6) is 5.75 Å². The number of benzene rings is 1. The molecular formula is C17H23ClN2O3. The number of hydrogen-bond donors (Lipinski definition) is 0. The molecule has 0 radical (unpaired) electrons. The first-order valence-corrected chi connectivity index (χ1v) is 8.50. The Labute approximate surface area is 142 Å². The summed E-state index contributed by atoms with van der Waals surface area (Å²) in [7, 11) is 0. The lowest BCUT2D eigenvalue weighted by atomic mass is 10.1. The lowest BCUT2D eigenvalue weighted by Crippen LogP contribution is -2.51. The number of amides is 2. The van der Waals surface area contributed by atoms with E-state index in [9.17, 15) is 9.59 Å². The fraction of sp³-hybridized carbons (Fsp3) is 0.529. The van der Waals surface area contributed by atoms with Crippen LogP contribution in [0.3, 0.4) is 0 Å². The smallest absolute Gasteiger partial charge is 0.227 e. The van der Waals surface area contributed by atoms with Gasteiger partial charge in [-0.2, -0.15) is 0 Å². The maximum absolute atomic E-state index is 12.4. The molecule has 1 aromatic carbocycles. The fourth-order valence-electron chi connectivity index (χ4n) is 2.60. The molecule has 0 saturated carbocycles. The molecule has 1 aliphatic heterocycles.